The Bertz CT molecular complexity index is 525. The summed E-state index contributed by atoms with van der Waals surface area (Å²) in [5, 5.41) is 0.723. The van der Waals surface area contributed by atoms with Gasteiger partial charge < -0.3 is 10.5 Å². The zero-order valence-electron chi connectivity index (χ0n) is 11.0. The maximum atomic E-state index is 5.95. The van der Waals surface area contributed by atoms with Crippen LogP contribution in [0.5, 0.6) is 0 Å². The van der Waals surface area contributed by atoms with E-state index in [0.717, 1.165) is 16.1 Å². The fraction of sp³-hybridized carbons (Fsp3) is 0.250. The maximum Gasteiger partial charge on any atom is 0.0951 e. The Morgan fingerprint density at radius 1 is 1.16 bits per heavy atom. The number of aryl methyl sites for hydroxylation is 1. The van der Waals surface area contributed by atoms with E-state index in [1.54, 1.807) is 0 Å². The molecule has 1 atom stereocenters. The lowest BCUT2D eigenvalue weighted by atomic mass is 10.1. The van der Waals surface area contributed by atoms with Gasteiger partial charge in [-0.2, -0.15) is 0 Å². The molecular formula is C16H18ClNO. The monoisotopic (exact) mass is 275 g/mol. The molecule has 0 fully saturated rings. The fourth-order valence-electron chi connectivity index (χ4n) is 1.91. The maximum absolute atomic E-state index is 5.95. The van der Waals surface area contributed by atoms with Crippen molar-refractivity contribution in [3.05, 3.63) is 70.2 Å². The van der Waals surface area contributed by atoms with E-state index >= 15 is 0 Å². The van der Waals surface area contributed by atoms with Crippen molar-refractivity contribution in [2.45, 2.75) is 19.6 Å². The first-order chi connectivity index (χ1) is 9.19. The van der Waals surface area contributed by atoms with Crippen molar-refractivity contribution < 1.29 is 4.74 Å². The van der Waals surface area contributed by atoms with Gasteiger partial charge in [0.2, 0.25) is 0 Å². The highest BCUT2D eigenvalue weighted by atomic mass is 35.5. The molecule has 0 saturated carbocycles. The minimum Gasteiger partial charge on any atom is -0.368 e. The average Bonchev–Trinajstić information content (AvgIpc) is 2.41. The van der Waals surface area contributed by atoms with Gasteiger partial charge in [0.1, 0.15) is 0 Å². The number of ether oxygens (including phenoxy) is 1. The van der Waals surface area contributed by atoms with Gasteiger partial charge in [0, 0.05) is 11.6 Å². The molecule has 0 bridgehead atoms. The topological polar surface area (TPSA) is 35.2 Å². The first-order valence-corrected chi connectivity index (χ1v) is 6.69. The second kappa shape index (κ2) is 6.71. The summed E-state index contributed by atoms with van der Waals surface area (Å²) < 4.78 is 5.87. The van der Waals surface area contributed by atoms with Crippen LogP contribution in [-0.2, 0) is 11.3 Å². The van der Waals surface area contributed by atoms with Crippen LogP contribution in [0, 0.1) is 6.92 Å². The Morgan fingerprint density at radius 2 is 1.89 bits per heavy atom. The molecule has 0 aliphatic carbocycles. The Hall–Kier alpha value is -1.35. The van der Waals surface area contributed by atoms with Crippen molar-refractivity contribution in [2.75, 3.05) is 6.54 Å². The van der Waals surface area contributed by atoms with Crippen LogP contribution < -0.4 is 5.73 Å². The molecule has 2 nitrogen and oxygen atoms in total. The summed E-state index contributed by atoms with van der Waals surface area (Å²) in [6.45, 7) is 3.04. The first-order valence-electron chi connectivity index (χ1n) is 6.31. The van der Waals surface area contributed by atoms with Crippen LogP contribution in [0.3, 0.4) is 0 Å². The highest BCUT2D eigenvalue weighted by Crippen LogP contribution is 2.19. The summed E-state index contributed by atoms with van der Waals surface area (Å²) in [4.78, 5) is 0. The quantitative estimate of drug-likeness (QED) is 0.899. The largest absolute Gasteiger partial charge is 0.368 e. The number of halogens is 1. The van der Waals surface area contributed by atoms with Crippen LogP contribution in [-0.4, -0.2) is 6.54 Å². The molecule has 0 heterocycles. The van der Waals surface area contributed by atoms with Gasteiger partial charge in [-0.15, -0.1) is 0 Å². The molecule has 0 aliphatic heterocycles. The van der Waals surface area contributed by atoms with Crippen LogP contribution in [0.2, 0.25) is 5.02 Å². The van der Waals surface area contributed by atoms with Crippen molar-refractivity contribution in [1.82, 2.24) is 0 Å². The Kier molecular flexibility index (Phi) is 4.97. The van der Waals surface area contributed by atoms with Crippen LogP contribution in [0.1, 0.15) is 22.8 Å². The van der Waals surface area contributed by atoms with Gasteiger partial charge in [-0.25, -0.2) is 0 Å². The molecule has 0 saturated heterocycles. The molecule has 2 rings (SSSR count). The summed E-state index contributed by atoms with van der Waals surface area (Å²) in [5.41, 5.74) is 9.18. The zero-order chi connectivity index (χ0) is 13.7. The van der Waals surface area contributed by atoms with Crippen molar-refractivity contribution in [1.29, 1.82) is 0 Å². The highest BCUT2D eigenvalue weighted by Gasteiger charge is 2.10. The van der Waals surface area contributed by atoms with Crippen molar-refractivity contribution in [3.63, 3.8) is 0 Å². The molecule has 2 aromatic carbocycles. The van der Waals surface area contributed by atoms with E-state index in [2.05, 4.69) is 31.2 Å². The van der Waals surface area contributed by atoms with Gasteiger partial charge >= 0.3 is 0 Å². The summed E-state index contributed by atoms with van der Waals surface area (Å²) in [6.07, 6.45) is -0.0837. The molecule has 3 heteroatoms. The van der Waals surface area contributed by atoms with Crippen LogP contribution in [0.25, 0.3) is 0 Å². The molecule has 100 valence electrons. The number of benzene rings is 2. The van der Waals surface area contributed by atoms with Gasteiger partial charge in [0.05, 0.1) is 12.7 Å². The molecule has 0 aliphatic rings. The van der Waals surface area contributed by atoms with Gasteiger partial charge in [-0.1, -0.05) is 53.6 Å². The predicted molar refractivity (Wildman–Crippen MR) is 79.2 cm³/mol. The van der Waals surface area contributed by atoms with E-state index in [-0.39, 0.29) is 6.10 Å². The molecule has 0 spiro atoms. The third-order valence-corrected chi connectivity index (χ3v) is 3.24. The lowest BCUT2D eigenvalue weighted by Gasteiger charge is -2.17. The van der Waals surface area contributed by atoms with Crippen molar-refractivity contribution in [2.24, 2.45) is 5.73 Å². The smallest absolute Gasteiger partial charge is 0.0951 e. The number of rotatable bonds is 5. The van der Waals surface area contributed by atoms with E-state index < -0.39 is 0 Å². The van der Waals surface area contributed by atoms with Crippen LogP contribution in [0.4, 0.5) is 0 Å². The normalized spacial score (nSPS) is 12.4. The predicted octanol–water partition coefficient (Wildman–Crippen LogP) is 3.87. The van der Waals surface area contributed by atoms with E-state index in [1.807, 2.05) is 24.3 Å². The molecule has 0 amide bonds. The van der Waals surface area contributed by atoms with Crippen LogP contribution >= 0.6 is 11.6 Å². The zero-order valence-corrected chi connectivity index (χ0v) is 11.7. The minimum absolute atomic E-state index is 0.0837. The van der Waals surface area contributed by atoms with Gasteiger partial charge in [-0.3, -0.25) is 0 Å². The Morgan fingerprint density at radius 3 is 2.53 bits per heavy atom. The third-order valence-electron chi connectivity index (χ3n) is 3.00. The van der Waals surface area contributed by atoms with E-state index in [9.17, 15) is 0 Å². The Labute approximate surface area is 119 Å². The van der Waals surface area contributed by atoms with Gasteiger partial charge in [0.15, 0.2) is 0 Å². The van der Waals surface area contributed by atoms with Gasteiger partial charge in [-0.05, 0) is 30.2 Å². The van der Waals surface area contributed by atoms with E-state index in [0.29, 0.717) is 13.2 Å². The summed E-state index contributed by atoms with van der Waals surface area (Å²) in [5.74, 6) is 0. The molecular weight excluding hydrogens is 258 g/mol. The number of nitrogens with two attached hydrogens (primary N) is 1. The fourth-order valence-corrected chi connectivity index (χ4v) is 2.12. The number of hydrogen-bond donors (Lipinski definition) is 1. The second-order valence-corrected chi connectivity index (χ2v) is 5.01. The van der Waals surface area contributed by atoms with Crippen LogP contribution in [0.15, 0.2) is 48.5 Å². The summed E-state index contributed by atoms with van der Waals surface area (Å²) in [7, 11) is 0. The number of hydrogen-bond acceptors (Lipinski definition) is 2. The Balaban J connectivity index is 2.01. The highest BCUT2D eigenvalue weighted by molar-refractivity contribution is 6.30. The van der Waals surface area contributed by atoms with Crippen molar-refractivity contribution in [3.8, 4) is 0 Å². The molecule has 1 unspecified atom stereocenters. The SMILES string of the molecule is Cc1ccc(C(CN)OCc2cccc(Cl)c2)cc1. The molecule has 19 heavy (non-hydrogen) atoms. The first kappa shape index (κ1) is 14.1. The standard InChI is InChI=1S/C16H18ClNO/c1-12-5-7-14(8-6-12)16(10-18)19-11-13-3-2-4-15(17)9-13/h2-9,16H,10-11,18H2,1H3. The molecule has 0 radical (unpaired) electrons. The molecule has 0 aromatic heterocycles. The lowest BCUT2D eigenvalue weighted by Crippen LogP contribution is -2.15. The average molecular weight is 276 g/mol. The summed E-state index contributed by atoms with van der Waals surface area (Å²) in [6, 6.07) is 15.9. The lowest BCUT2D eigenvalue weighted by molar-refractivity contribution is 0.0456. The third kappa shape index (κ3) is 4.06. The van der Waals surface area contributed by atoms with Gasteiger partial charge in [0.25, 0.3) is 0 Å². The van der Waals surface area contributed by atoms with Crippen molar-refractivity contribution >= 4 is 11.6 Å². The summed E-state index contributed by atoms with van der Waals surface area (Å²) >= 11 is 5.95. The van der Waals surface area contributed by atoms with E-state index in [4.69, 9.17) is 22.1 Å². The molecule has 2 N–H and O–H groups in total. The molecule has 2 aromatic rings. The van der Waals surface area contributed by atoms with E-state index in [1.165, 1.54) is 5.56 Å². The second-order valence-electron chi connectivity index (χ2n) is 4.58. The minimum atomic E-state index is -0.0837.